The molecule has 0 atom stereocenters. The van der Waals surface area contributed by atoms with E-state index in [1.807, 2.05) is 42.5 Å². The number of hydrogen-bond donors (Lipinski definition) is 1. The van der Waals surface area contributed by atoms with E-state index in [1.165, 1.54) is 24.3 Å². The summed E-state index contributed by atoms with van der Waals surface area (Å²) in [4.78, 5) is 9.44. The number of ether oxygens (including phenoxy) is 1. The van der Waals surface area contributed by atoms with Gasteiger partial charge in [0.05, 0.1) is 23.0 Å². The molecule has 5 rings (SSSR count). The van der Waals surface area contributed by atoms with Crippen molar-refractivity contribution < 1.29 is 13.2 Å². The number of fused-ring (bicyclic) bond motifs is 2. The van der Waals surface area contributed by atoms with E-state index < -0.39 is 9.84 Å². The summed E-state index contributed by atoms with van der Waals surface area (Å²) in [6, 6.07) is 21.0. The zero-order chi connectivity index (χ0) is 23.9. The first-order valence-electron chi connectivity index (χ1n) is 10.6. The molecule has 172 valence electrons. The maximum atomic E-state index is 13.7. The number of anilines is 1. The van der Waals surface area contributed by atoms with Crippen molar-refractivity contribution >= 4 is 49.5 Å². The summed E-state index contributed by atoms with van der Waals surface area (Å²) >= 11 is 5.97. The fourth-order valence-corrected chi connectivity index (χ4v) is 5.58. The Hall–Kier alpha value is -3.62. The Kier molecular flexibility index (Phi) is 5.63. The highest BCUT2D eigenvalue weighted by Crippen LogP contribution is 2.35. The number of benzene rings is 3. The molecule has 3 aromatic carbocycles. The van der Waals surface area contributed by atoms with Crippen molar-refractivity contribution in [2.75, 3.05) is 12.8 Å². The molecule has 0 radical (unpaired) electrons. The molecule has 0 fully saturated rings. The number of sulfone groups is 1. The molecule has 34 heavy (non-hydrogen) atoms. The highest BCUT2D eigenvalue weighted by atomic mass is 35.5. The van der Waals surface area contributed by atoms with E-state index in [9.17, 15) is 8.42 Å². The van der Waals surface area contributed by atoms with Gasteiger partial charge in [0, 0.05) is 11.6 Å². The van der Waals surface area contributed by atoms with Crippen LogP contribution >= 0.6 is 11.6 Å². The van der Waals surface area contributed by atoms with Crippen molar-refractivity contribution in [2.24, 2.45) is 0 Å². The fraction of sp³-hybridized carbons (Fsp3) is 0.120. The van der Waals surface area contributed by atoms with Crippen molar-refractivity contribution in [2.45, 2.75) is 22.8 Å². The summed E-state index contributed by atoms with van der Waals surface area (Å²) < 4.78 is 34.3. The third-order valence-electron chi connectivity index (χ3n) is 5.72. The molecule has 2 aromatic heterocycles. The number of para-hydroxylation sites is 2. The van der Waals surface area contributed by atoms with Gasteiger partial charge in [0.15, 0.2) is 5.65 Å². The summed E-state index contributed by atoms with van der Waals surface area (Å²) in [5, 5.41) is 0.444. The lowest BCUT2D eigenvalue weighted by atomic mass is 10.1. The summed E-state index contributed by atoms with van der Waals surface area (Å²) in [6.07, 6.45) is 0.618. The van der Waals surface area contributed by atoms with Gasteiger partial charge in [-0.1, -0.05) is 35.9 Å². The van der Waals surface area contributed by atoms with Crippen LogP contribution in [0, 0.1) is 0 Å². The second-order valence-corrected chi connectivity index (χ2v) is 10.1. The summed E-state index contributed by atoms with van der Waals surface area (Å²) in [6.45, 7) is 0.428. The number of aryl methyl sites for hydroxylation is 2. The topological polar surface area (TPSA) is 100 Å². The van der Waals surface area contributed by atoms with Crippen LogP contribution in [0.4, 0.5) is 5.82 Å². The molecule has 0 aliphatic carbocycles. The number of nitrogens with two attached hydrogens (primary N) is 1. The van der Waals surface area contributed by atoms with Crippen LogP contribution in [0.25, 0.3) is 22.2 Å². The molecular formula is C25H21ClN4O3S. The average Bonchev–Trinajstić information content (AvgIpc) is 3.12. The minimum Gasteiger partial charge on any atom is -0.497 e. The molecule has 0 bridgehead atoms. The van der Waals surface area contributed by atoms with Crippen LogP contribution in [0.5, 0.6) is 5.75 Å². The molecule has 0 amide bonds. The van der Waals surface area contributed by atoms with E-state index in [1.54, 1.807) is 17.7 Å². The van der Waals surface area contributed by atoms with Gasteiger partial charge in [-0.05, 0) is 60.5 Å². The molecular weight excluding hydrogens is 472 g/mol. The van der Waals surface area contributed by atoms with Gasteiger partial charge < -0.3 is 15.0 Å². The second kappa shape index (κ2) is 8.62. The van der Waals surface area contributed by atoms with Gasteiger partial charge in [-0.25, -0.2) is 18.4 Å². The third kappa shape index (κ3) is 3.85. The van der Waals surface area contributed by atoms with E-state index in [-0.39, 0.29) is 21.1 Å². The predicted molar refractivity (Wildman–Crippen MR) is 133 cm³/mol. The molecule has 9 heteroatoms. The van der Waals surface area contributed by atoms with Gasteiger partial charge in [0.1, 0.15) is 22.0 Å². The van der Waals surface area contributed by atoms with Crippen molar-refractivity contribution in [3.63, 3.8) is 0 Å². The molecule has 5 aromatic rings. The Labute approximate surface area is 201 Å². The summed E-state index contributed by atoms with van der Waals surface area (Å²) in [5.41, 5.74) is 9.49. The highest BCUT2D eigenvalue weighted by Gasteiger charge is 2.30. The quantitative estimate of drug-likeness (QED) is 0.361. The molecule has 2 N–H and O–H groups in total. The van der Waals surface area contributed by atoms with Crippen LogP contribution in [0.15, 0.2) is 82.6 Å². The van der Waals surface area contributed by atoms with Crippen LogP contribution in [0.2, 0.25) is 5.02 Å². The monoisotopic (exact) mass is 492 g/mol. The number of rotatable bonds is 6. The highest BCUT2D eigenvalue weighted by molar-refractivity contribution is 7.92. The molecule has 2 heterocycles. The van der Waals surface area contributed by atoms with Gasteiger partial charge in [-0.15, -0.1) is 0 Å². The number of aromatic nitrogens is 3. The maximum absolute atomic E-state index is 13.7. The SMILES string of the molecule is COc1ccc(CCn2c(N)c(S(=O)(=O)c3ccc(Cl)cc3)c3nc4ccccc4nc32)cc1. The van der Waals surface area contributed by atoms with E-state index in [4.69, 9.17) is 27.1 Å². The van der Waals surface area contributed by atoms with Gasteiger partial charge in [-0.2, -0.15) is 0 Å². The molecule has 0 aliphatic heterocycles. The van der Waals surface area contributed by atoms with Crippen LogP contribution in [0.1, 0.15) is 5.56 Å². The first-order chi connectivity index (χ1) is 16.4. The Morgan fingerprint density at radius 3 is 2.24 bits per heavy atom. The van der Waals surface area contributed by atoms with Crippen LogP contribution < -0.4 is 10.5 Å². The predicted octanol–water partition coefficient (Wildman–Crippen LogP) is 4.90. The minimum absolute atomic E-state index is 0.0437. The van der Waals surface area contributed by atoms with E-state index in [2.05, 4.69) is 4.98 Å². The number of halogens is 1. The Bertz CT molecular complexity index is 1610. The molecule has 0 saturated carbocycles. The number of nitrogen functional groups attached to an aromatic ring is 1. The fourth-order valence-electron chi connectivity index (χ4n) is 3.95. The lowest BCUT2D eigenvalue weighted by Crippen LogP contribution is -2.09. The Balaban J connectivity index is 1.68. The van der Waals surface area contributed by atoms with E-state index in [0.717, 1.165) is 11.3 Å². The third-order valence-corrected chi connectivity index (χ3v) is 7.81. The molecule has 0 spiro atoms. The summed E-state index contributed by atoms with van der Waals surface area (Å²) in [7, 11) is -2.36. The minimum atomic E-state index is -3.98. The van der Waals surface area contributed by atoms with Crippen molar-refractivity contribution in [1.29, 1.82) is 0 Å². The standard InChI is InChI=1S/C25H21ClN4O3S/c1-33-18-10-6-16(7-11-18)14-15-30-24(27)23(34(31,32)19-12-8-17(26)9-13-19)22-25(30)29-21-5-3-2-4-20(21)28-22/h2-13H,14-15,27H2,1H3. The average molecular weight is 493 g/mol. The molecule has 0 saturated heterocycles. The van der Waals surface area contributed by atoms with Gasteiger partial charge in [0.2, 0.25) is 9.84 Å². The second-order valence-electron chi connectivity index (χ2n) is 7.81. The number of hydrogen-bond acceptors (Lipinski definition) is 6. The number of methoxy groups -OCH3 is 1. The smallest absolute Gasteiger partial charge is 0.212 e. The summed E-state index contributed by atoms with van der Waals surface area (Å²) in [5.74, 6) is 0.872. The van der Waals surface area contributed by atoms with Crippen LogP contribution in [0.3, 0.4) is 0 Å². The Morgan fingerprint density at radius 2 is 1.59 bits per heavy atom. The zero-order valence-corrected chi connectivity index (χ0v) is 19.8. The first kappa shape index (κ1) is 22.2. The molecule has 7 nitrogen and oxygen atoms in total. The van der Waals surface area contributed by atoms with Gasteiger partial charge in [0.25, 0.3) is 0 Å². The Morgan fingerprint density at radius 1 is 0.941 bits per heavy atom. The van der Waals surface area contributed by atoms with Gasteiger partial charge >= 0.3 is 0 Å². The van der Waals surface area contributed by atoms with Crippen LogP contribution in [-0.2, 0) is 22.8 Å². The zero-order valence-electron chi connectivity index (χ0n) is 18.3. The van der Waals surface area contributed by atoms with Crippen molar-refractivity contribution in [3.05, 3.63) is 83.4 Å². The van der Waals surface area contributed by atoms with Gasteiger partial charge in [-0.3, -0.25) is 0 Å². The first-order valence-corrected chi connectivity index (χ1v) is 12.4. The molecule has 0 unspecified atom stereocenters. The van der Waals surface area contributed by atoms with E-state index >= 15 is 0 Å². The van der Waals surface area contributed by atoms with Crippen molar-refractivity contribution in [1.82, 2.24) is 14.5 Å². The number of nitrogens with zero attached hydrogens (tertiary/aromatic N) is 3. The molecule has 0 aliphatic rings. The van der Waals surface area contributed by atoms with Crippen molar-refractivity contribution in [3.8, 4) is 5.75 Å². The maximum Gasteiger partial charge on any atom is 0.212 e. The largest absolute Gasteiger partial charge is 0.497 e. The van der Waals surface area contributed by atoms with E-state index in [0.29, 0.717) is 34.7 Å². The normalized spacial score (nSPS) is 11.8. The lowest BCUT2D eigenvalue weighted by molar-refractivity contribution is 0.414. The van der Waals surface area contributed by atoms with Crippen LogP contribution in [-0.4, -0.2) is 30.1 Å². The lowest BCUT2D eigenvalue weighted by Gasteiger charge is -2.09.